The molecule has 2 aromatic carbocycles. The second kappa shape index (κ2) is 15.3. The van der Waals surface area contributed by atoms with Gasteiger partial charge >= 0.3 is 0 Å². The number of anilines is 3. The fourth-order valence-corrected chi connectivity index (χ4v) is 9.66. The van der Waals surface area contributed by atoms with Gasteiger partial charge in [-0.2, -0.15) is 5.10 Å². The maximum Gasteiger partial charge on any atom is 0.258 e. The second-order valence-corrected chi connectivity index (χ2v) is 17.3. The number of piperazine rings is 1. The molecule has 16 heteroatoms. The highest BCUT2D eigenvalue weighted by Crippen LogP contribution is 2.44. The van der Waals surface area contributed by atoms with Crippen molar-refractivity contribution >= 4 is 46.1 Å². The predicted molar refractivity (Wildman–Crippen MR) is 221 cm³/mol. The van der Waals surface area contributed by atoms with Crippen LogP contribution in [0.4, 0.5) is 26.1 Å². The van der Waals surface area contributed by atoms with E-state index in [0.29, 0.717) is 58.8 Å². The van der Waals surface area contributed by atoms with Crippen LogP contribution in [0.1, 0.15) is 66.1 Å². The molecular weight excluding hydrogens is 771 g/mol. The van der Waals surface area contributed by atoms with Crippen molar-refractivity contribution in [3.05, 3.63) is 77.1 Å². The van der Waals surface area contributed by atoms with Gasteiger partial charge in [-0.15, -0.1) is 0 Å². The summed E-state index contributed by atoms with van der Waals surface area (Å²) in [5.41, 5.74) is 5.65. The Morgan fingerprint density at radius 3 is 2.50 bits per heavy atom. The zero-order chi connectivity index (χ0) is 41.2. The van der Waals surface area contributed by atoms with Crippen molar-refractivity contribution in [1.82, 2.24) is 34.5 Å². The number of ether oxygens (including phenoxy) is 1. The average Bonchev–Trinajstić information content (AvgIpc) is 3.71. The first-order valence-electron chi connectivity index (χ1n) is 21.0. The van der Waals surface area contributed by atoms with E-state index in [1.165, 1.54) is 12.1 Å². The fraction of sp³-hybridized carbons (Fsp3) is 0.455. The maximum atomic E-state index is 15.1. The van der Waals surface area contributed by atoms with Crippen LogP contribution in [-0.4, -0.2) is 92.3 Å². The first-order chi connectivity index (χ1) is 29.0. The number of carbonyl (C=O) groups is 3. The number of halogens is 2. The van der Waals surface area contributed by atoms with Gasteiger partial charge in [-0.05, 0) is 99.2 Å². The highest BCUT2D eigenvalue weighted by molar-refractivity contribution is 6.05. The number of rotatable bonds is 6. The van der Waals surface area contributed by atoms with Crippen LogP contribution in [0, 0.1) is 36.3 Å². The SMILES string of the molecule is Cc1cc2cc(n1)-c1cnn(C)c1OCC[C@H]1C[C@@H]1Cn1c(nc3ccc(N4CCN(CC5CC(Nc6cc(F)c([C@H]7CCC(=O)NC7=O)c(F)c6)C5)CC4)cc31)NC2=O. The van der Waals surface area contributed by atoms with Gasteiger partial charge in [0.2, 0.25) is 23.6 Å². The lowest BCUT2D eigenvalue weighted by Gasteiger charge is -2.42. The number of aromatic nitrogens is 5. The molecule has 60 heavy (non-hydrogen) atoms. The Bertz CT molecular complexity index is 2500. The van der Waals surface area contributed by atoms with Crippen LogP contribution < -0.4 is 25.6 Å². The molecule has 5 aromatic rings. The summed E-state index contributed by atoms with van der Waals surface area (Å²) in [6, 6.07) is 12.6. The van der Waals surface area contributed by atoms with Gasteiger partial charge in [0, 0.05) is 87.0 Å². The van der Waals surface area contributed by atoms with Crippen molar-refractivity contribution in [2.24, 2.45) is 24.8 Å². The quantitative estimate of drug-likeness (QED) is 0.184. The first-order valence-corrected chi connectivity index (χ1v) is 21.0. The lowest BCUT2D eigenvalue weighted by Crippen LogP contribution is -2.50. The summed E-state index contributed by atoms with van der Waals surface area (Å²) < 4.78 is 40.3. The van der Waals surface area contributed by atoms with Crippen molar-refractivity contribution in [2.45, 2.75) is 64.0 Å². The molecule has 14 nitrogen and oxygen atoms in total. The summed E-state index contributed by atoms with van der Waals surface area (Å²) >= 11 is 0. The zero-order valence-corrected chi connectivity index (χ0v) is 33.7. The molecule has 312 valence electrons. The number of imidazole rings is 1. The summed E-state index contributed by atoms with van der Waals surface area (Å²) in [4.78, 5) is 52.2. The Morgan fingerprint density at radius 2 is 1.72 bits per heavy atom. The Kier molecular flexibility index (Phi) is 9.76. The van der Waals surface area contributed by atoms with Crippen molar-refractivity contribution in [1.29, 1.82) is 0 Å². The molecule has 3 aliphatic heterocycles. The number of imide groups is 1. The van der Waals surface area contributed by atoms with E-state index in [4.69, 9.17) is 14.7 Å². The van der Waals surface area contributed by atoms with Gasteiger partial charge in [-0.1, -0.05) is 0 Å². The standard InChI is InChI=1S/C44H48F2N10O4/c1-24-13-27-17-37(48-24)33-21-47-53(2)43(33)60-12-7-26-16-28(26)23-56-38-20-31(3-5-36(38)50-44(56)52-41(27)58)55-10-8-54(9-11-55)22-25-14-29(15-25)49-30-18-34(45)40(35(46)19-30)32-4-6-39(57)51-42(32)59/h3,5,13,17-21,25-26,28-29,32,49H,4,6-12,14-16,22-23H2,1-2H3,(H,50,52,58)(H,51,57,59)/t25?,26-,28+,29?,32+/m0/s1. The Hall–Kier alpha value is -5.90. The predicted octanol–water partition coefficient (Wildman–Crippen LogP) is 5.62. The van der Waals surface area contributed by atoms with E-state index >= 15 is 8.78 Å². The van der Waals surface area contributed by atoms with E-state index in [2.05, 4.69) is 53.6 Å². The van der Waals surface area contributed by atoms with Crippen molar-refractivity contribution in [2.75, 3.05) is 54.9 Å². The van der Waals surface area contributed by atoms with E-state index in [0.717, 1.165) is 87.2 Å². The van der Waals surface area contributed by atoms with Gasteiger partial charge in [0.15, 0.2) is 0 Å². The molecule has 4 fully saturated rings. The number of hydrogen-bond donors (Lipinski definition) is 3. The largest absolute Gasteiger partial charge is 0.477 e. The molecule has 5 aliphatic rings. The summed E-state index contributed by atoms with van der Waals surface area (Å²) in [6.45, 7) is 7.76. The lowest BCUT2D eigenvalue weighted by molar-refractivity contribution is -0.134. The summed E-state index contributed by atoms with van der Waals surface area (Å²) in [5.74, 6) is -1.26. The molecule has 2 saturated carbocycles. The number of amides is 3. The lowest BCUT2D eigenvalue weighted by atomic mass is 9.79. The summed E-state index contributed by atoms with van der Waals surface area (Å²) in [5, 5.41) is 13.0. The average molecular weight is 819 g/mol. The van der Waals surface area contributed by atoms with Crippen LogP contribution in [0.25, 0.3) is 22.3 Å². The third kappa shape index (κ3) is 7.45. The molecule has 0 radical (unpaired) electrons. The van der Waals surface area contributed by atoms with Crippen molar-refractivity contribution in [3.63, 3.8) is 0 Å². The highest BCUT2D eigenvalue weighted by atomic mass is 19.1. The van der Waals surface area contributed by atoms with Crippen LogP contribution in [-0.2, 0) is 23.2 Å². The molecule has 3 amide bonds. The van der Waals surface area contributed by atoms with Crippen LogP contribution in [0.15, 0.2) is 48.7 Å². The van der Waals surface area contributed by atoms with E-state index < -0.39 is 29.4 Å². The fourth-order valence-electron chi connectivity index (χ4n) is 9.66. The van der Waals surface area contributed by atoms with Crippen LogP contribution >= 0.6 is 0 Å². The van der Waals surface area contributed by atoms with Gasteiger partial charge in [0.05, 0.1) is 41.0 Å². The molecule has 2 aliphatic carbocycles. The number of hydrogen-bond acceptors (Lipinski definition) is 10. The van der Waals surface area contributed by atoms with E-state index in [1.54, 1.807) is 23.0 Å². The molecule has 3 aromatic heterocycles. The van der Waals surface area contributed by atoms with Gasteiger partial charge in [-0.3, -0.25) is 34.9 Å². The summed E-state index contributed by atoms with van der Waals surface area (Å²) in [7, 11) is 1.85. The van der Waals surface area contributed by atoms with Gasteiger partial charge in [0.25, 0.3) is 5.91 Å². The number of benzene rings is 2. The molecule has 6 heterocycles. The third-order valence-electron chi connectivity index (χ3n) is 13.1. The topological polar surface area (TPSA) is 152 Å². The normalized spacial score (nSPS) is 24.5. The second-order valence-electron chi connectivity index (χ2n) is 17.3. The minimum absolute atomic E-state index is 0.0566. The van der Waals surface area contributed by atoms with Gasteiger partial charge < -0.3 is 19.5 Å². The molecule has 0 spiro atoms. The van der Waals surface area contributed by atoms with E-state index in [-0.39, 0.29) is 30.4 Å². The highest BCUT2D eigenvalue weighted by Gasteiger charge is 2.39. The third-order valence-corrected chi connectivity index (χ3v) is 13.1. The number of nitrogens with zero attached hydrogens (tertiary/aromatic N) is 7. The summed E-state index contributed by atoms with van der Waals surface area (Å²) in [6.07, 6.45) is 5.70. The molecule has 3 N–H and O–H groups in total. The minimum Gasteiger partial charge on any atom is -0.477 e. The number of pyridine rings is 1. The Morgan fingerprint density at radius 1 is 0.917 bits per heavy atom. The zero-order valence-electron chi connectivity index (χ0n) is 33.7. The molecule has 2 bridgehead atoms. The Balaban J connectivity index is 0.780. The number of piperidine rings is 1. The molecule has 0 unspecified atom stereocenters. The van der Waals surface area contributed by atoms with E-state index in [1.807, 2.05) is 14.0 Å². The smallest absolute Gasteiger partial charge is 0.258 e. The van der Waals surface area contributed by atoms with Crippen molar-refractivity contribution < 1.29 is 27.9 Å². The molecule has 10 rings (SSSR count). The number of fused-ring (bicyclic) bond motifs is 8. The van der Waals surface area contributed by atoms with E-state index in [9.17, 15) is 14.4 Å². The van der Waals surface area contributed by atoms with Crippen molar-refractivity contribution in [3.8, 4) is 17.1 Å². The number of aryl methyl sites for hydroxylation is 2. The van der Waals surface area contributed by atoms with Crippen LogP contribution in [0.5, 0.6) is 5.88 Å². The maximum absolute atomic E-state index is 15.1. The Labute approximate surface area is 345 Å². The number of carbonyl (C=O) groups excluding carboxylic acids is 3. The van der Waals surface area contributed by atoms with Gasteiger partial charge in [0.1, 0.15) is 11.6 Å². The van der Waals surface area contributed by atoms with Crippen LogP contribution in [0.2, 0.25) is 0 Å². The first kappa shape index (κ1) is 38.3. The number of nitrogens with one attached hydrogen (secondary N) is 3. The molecule has 2 saturated heterocycles. The minimum atomic E-state index is -1.01. The van der Waals surface area contributed by atoms with Gasteiger partial charge in [-0.25, -0.2) is 18.4 Å². The monoisotopic (exact) mass is 818 g/mol. The molecular formula is C44H48F2N10O4. The van der Waals surface area contributed by atoms with Crippen LogP contribution in [0.3, 0.4) is 0 Å². The molecule has 3 atom stereocenters.